The fourth-order valence-electron chi connectivity index (χ4n) is 0.692. The average Bonchev–Trinajstić information content (AvgIpc) is 1.87. The Labute approximate surface area is 63.7 Å². The van der Waals surface area contributed by atoms with Crippen molar-refractivity contribution in [3.05, 3.63) is 12.2 Å². The second kappa shape index (κ2) is 6.78. The van der Waals surface area contributed by atoms with Crippen LogP contribution in [0.2, 0.25) is 0 Å². The summed E-state index contributed by atoms with van der Waals surface area (Å²) in [5.74, 6) is 0. The van der Waals surface area contributed by atoms with Crippen LogP contribution in [0.3, 0.4) is 0 Å². The second-order valence-corrected chi connectivity index (χ2v) is 2.59. The molecule has 0 spiro atoms. The molecule has 0 fully saturated rings. The third-order valence-corrected chi connectivity index (χ3v) is 1.21. The van der Waals surface area contributed by atoms with Crippen molar-refractivity contribution < 1.29 is 0 Å². The van der Waals surface area contributed by atoms with Crippen LogP contribution in [0.15, 0.2) is 12.2 Å². The van der Waals surface area contributed by atoms with Gasteiger partial charge in [0.1, 0.15) is 0 Å². The maximum Gasteiger partial charge on any atom is 0.0159 e. The van der Waals surface area contributed by atoms with E-state index in [0.29, 0.717) is 0 Å². The maximum absolute atomic E-state index is 3.79. The smallest absolute Gasteiger partial charge is 0.0159 e. The van der Waals surface area contributed by atoms with Gasteiger partial charge in [-0.3, -0.25) is 0 Å². The topological polar surface area (TPSA) is 24.1 Å². The molecule has 0 bridgehead atoms. The van der Waals surface area contributed by atoms with Gasteiger partial charge in [-0.25, -0.2) is 0 Å². The van der Waals surface area contributed by atoms with E-state index in [1.54, 1.807) is 0 Å². The lowest BCUT2D eigenvalue weighted by atomic mass is 10.3. The van der Waals surface area contributed by atoms with Gasteiger partial charge in [-0.1, -0.05) is 12.2 Å². The normalized spacial score (nSPS) is 9.80. The summed E-state index contributed by atoms with van der Waals surface area (Å²) in [7, 11) is 1.97. The van der Waals surface area contributed by atoms with E-state index in [2.05, 4.69) is 17.2 Å². The van der Waals surface area contributed by atoms with Crippen LogP contribution in [-0.4, -0.2) is 26.7 Å². The van der Waals surface area contributed by atoms with Crippen molar-refractivity contribution in [2.75, 3.05) is 26.7 Å². The van der Waals surface area contributed by atoms with Crippen molar-refractivity contribution in [3.63, 3.8) is 0 Å². The van der Waals surface area contributed by atoms with Crippen molar-refractivity contribution in [2.45, 2.75) is 13.3 Å². The van der Waals surface area contributed by atoms with Crippen molar-refractivity contribution in [1.82, 2.24) is 10.6 Å². The Kier molecular flexibility index (Phi) is 6.55. The summed E-state index contributed by atoms with van der Waals surface area (Å²) in [4.78, 5) is 0. The molecule has 0 aliphatic heterocycles. The van der Waals surface area contributed by atoms with Crippen LogP contribution >= 0.6 is 0 Å². The van der Waals surface area contributed by atoms with Gasteiger partial charge in [0.2, 0.25) is 0 Å². The van der Waals surface area contributed by atoms with E-state index < -0.39 is 0 Å². The molecule has 0 aliphatic carbocycles. The molecule has 0 rings (SSSR count). The van der Waals surface area contributed by atoms with Crippen molar-refractivity contribution in [3.8, 4) is 0 Å². The molecule has 0 aliphatic rings. The highest BCUT2D eigenvalue weighted by atomic mass is 14.9. The van der Waals surface area contributed by atoms with Crippen LogP contribution in [0.25, 0.3) is 0 Å². The number of rotatable bonds is 6. The summed E-state index contributed by atoms with van der Waals surface area (Å²) in [6, 6.07) is 0. The molecule has 10 heavy (non-hydrogen) atoms. The number of nitrogens with one attached hydrogen (secondary N) is 2. The number of hydrogen-bond acceptors (Lipinski definition) is 2. The standard InChI is InChI=1S/C8H18N2/c1-8(2)7-10-6-4-5-9-3/h9-10H,1,4-7H2,2-3H3. The molecule has 60 valence electrons. The summed E-state index contributed by atoms with van der Waals surface area (Å²) in [6.07, 6.45) is 1.18. The Balaban J connectivity index is 2.84. The van der Waals surface area contributed by atoms with Gasteiger partial charge in [0.05, 0.1) is 0 Å². The molecule has 0 amide bonds. The first-order chi connectivity index (χ1) is 4.77. The van der Waals surface area contributed by atoms with E-state index in [-0.39, 0.29) is 0 Å². The predicted molar refractivity (Wildman–Crippen MR) is 46.2 cm³/mol. The summed E-state index contributed by atoms with van der Waals surface area (Å²) in [5, 5.41) is 6.37. The van der Waals surface area contributed by atoms with Gasteiger partial charge >= 0.3 is 0 Å². The Morgan fingerprint density at radius 1 is 1.40 bits per heavy atom. The predicted octanol–water partition coefficient (Wildman–Crippen LogP) is 0.762. The molecule has 0 aromatic rings. The molecule has 0 saturated carbocycles. The van der Waals surface area contributed by atoms with Gasteiger partial charge in [-0.15, -0.1) is 0 Å². The fraction of sp³-hybridized carbons (Fsp3) is 0.750. The molecule has 2 nitrogen and oxygen atoms in total. The zero-order valence-corrected chi connectivity index (χ0v) is 7.04. The maximum atomic E-state index is 3.79. The molecule has 0 radical (unpaired) electrons. The van der Waals surface area contributed by atoms with E-state index in [4.69, 9.17) is 0 Å². The molecule has 2 heteroatoms. The molecular formula is C8H18N2. The number of hydrogen-bond donors (Lipinski definition) is 2. The van der Waals surface area contributed by atoms with Gasteiger partial charge in [0, 0.05) is 6.54 Å². The third kappa shape index (κ3) is 7.66. The highest BCUT2D eigenvalue weighted by Crippen LogP contribution is 1.81. The first-order valence-electron chi connectivity index (χ1n) is 3.77. The van der Waals surface area contributed by atoms with E-state index in [1.807, 2.05) is 14.0 Å². The van der Waals surface area contributed by atoms with Crippen LogP contribution in [0, 0.1) is 0 Å². The van der Waals surface area contributed by atoms with Gasteiger partial charge in [0.15, 0.2) is 0 Å². The first kappa shape index (κ1) is 9.66. The second-order valence-electron chi connectivity index (χ2n) is 2.59. The van der Waals surface area contributed by atoms with Crippen LogP contribution in [0.1, 0.15) is 13.3 Å². The van der Waals surface area contributed by atoms with E-state index in [1.165, 1.54) is 12.0 Å². The summed E-state index contributed by atoms with van der Waals surface area (Å²) >= 11 is 0. The van der Waals surface area contributed by atoms with Crippen molar-refractivity contribution >= 4 is 0 Å². The van der Waals surface area contributed by atoms with Crippen molar-refractivity contribution in [1.29, 1.82) is 0 Å². The van der Waals surface area contributed by atoms with Gasteiger partial charge in [-0.2, -0.15) is 0 Å². The van der Waals surface area contributed by atoms with E-state index >= 15 is 0 Å². The van der Waals surface area contributed by atoms with Crippen molar-refractivity contribution in [2.24, 2.45) is 0 Å². The van der Waals surface area contributed by atoms with E-state index in [0.717, 1.165) is 19.6 Å². The minimum Gasteiger partial charge on any atom is -0.320 e. The zero-order chi connectivity index (χ0) is 7.82. The summed E-state index contributed by atoms with van der Waals surface area (Å²) < 4.78 is 0. The van der Waals surface area contributed by atoms with E-state index in [9.17, 15) is 0 Å². The molecular weight excluding hydrogens is 124 g/mol. The highest BCUT2D eigenvalue weighted by Gasteiger charge is 1.85. The molecule has 0 atom stereocenters. The lowest BCUT2D eigenvalue weighted by molar-refractivity contribution is 0.649. The molecule has 0 heterocycles. The average molecular weight is 142 g/mol. The van der Waals surface area contributed by atoms with Gasteiger partial charge < -0.3 is 10.6 Å². The molecule has 0 aromatic heterocycles. The largest absolute Gasteiger partial charge is 0.320 e. The SMILES string of the molecule is C=C(C)CNCCCNC. The van der Waals surface area contributed by atoms with Crippen LogP contribution in [-0.2, 0) is 0 Å². The molecule has 0 saturated heterocycles. The zero-order valence-electron chi connectivity index (χ0n) is 7.04. The molecule has 0 unspecified atom stereocenters. The Morgan fingerprint density at radius 3 is 2.60 bits per heavy atom. The lowest BCUT2D eigenvalue weighted by Crippen LogP contribution is -2.20. The Hall–Kier alpha value is -0.340. The van der Waals surface area contributed by atoms with Crippen LogP contribution in [0.5, 0.6) is 0 Å². The molecule has 2 N–H and O–H groups in total. The third-order valence-electron chi connectivity index (χ3n) is 1.21. The monoisotopic (exact) mass is 142 g/mol. The molecule has 0 aromatic carbocycles. The summed E-state index contributed by atoms with van der Waals surface area (Å²) in [6.45, 7) is 8.94. The first-order valence-corrected chi connectivity index (χ1v) is 3.77. The fourth-order valence-corrected chi connectivity index (χ4v) is 0.692. The quantitative estimate of drug-likeness (QED) is 0.422. The summed E-state index contributed by atoms with van der Waals surface area (Å²) in [5.41, 5.74) is 1.20. The highest BCUT2D eigenvalue weighted by molar-refractivity contribution is 4.90. The van der Waals surface area contributed by atoms with Crippen LogP contribution < -0.4 is 10.6 Å². The Morgan fingerprint density at radius 2 is 2.10 bits per heavy atom. The van der Waals surface area contributed by atoms with Gasteiger partial charge in [0.25, 0.3) is 0 Å². The lowest BCUT2D eigenvalue weighted by Gasteiger charge is -2.02. The Bertz CT molecular complexity index is 89.3. The van der Waals surface area contributed by atoms with Crippen LogP contribution in [0.4, 0.5) is 0 Å². The minimum atomic E-state index is 0.948. The minimum absolute atomic E-state index is 0.948. The van der Waals surface area contributed by atoms with Gasteiger partial charge in [-0.05, 0) is 33.5 Å².